The fourth-order valence-corrected chi connectivity index (χ4v) is 0. The first-order valence-corrected chi connectivity index (χ1v) is 2.78. The van der Waals surface area contributed by atoms with Gasteiger partial charge in [0.2, 0.25) is 10.3 Å². The van der Waals surface area contributed by atoms with E-state index < -0.39 is 10.3 Å². The molecule has 0 unspecified atom stereocenters. The average molecular weight is 124 g/mol. The maximum atomic E-state index is 9.59. The molecule has 0 aromatic heterocycles. The van der Waals surface area contributed by atoms with Crippen LogP contribution in [0.2, 0.25) is 0 Å². The van der Waals surface area contributed by atoms with Crippen LogP contribution in [-0.2, 0) is 10.3 Å². The summed E-state index contributed by atoms with van der Waals surface area (Å²) in [6, 6.07) is 0. The molecule has 2 nitrogen and oxygen atoms in total. The number of thiol groups is 1. The van der Waals surface area contributed by atoms with E-state index in [0.29, 0.717) is 0 Å². The zero-order valence-electron chi connectivity index (χ0n) is 3.17. The summed E-state index contributed by atoms with van der Waals surface area (Å²) < 4.78 is 19.3. The minimum Gasteiger partial charge on any atom is -0.184 e. The lowest BCUT2D eigenvalue weighted by Crippen LogP contribution is -1.73. The molecule has 0 aromatic rings. The lowest BCUT2D eigenvalue weighted by atomic mass is 11.0. The first-order chi connectivity index (χ1) is 2.64. The molecule has 0 fully saturated rings. The normalized spacial score (nSPS) is 7.67. The molecule has 0 radical (unpaired) electrons. The molecule has 0 N–H and O–H groups in total. The topological polar surface area (TPSA) is 34.1 Å². The molecule has 0 saturated carbocycles. The van der Waals surface area contributed by atoms with Crippen LogP contribution in [0.25, 0.3) is 0 Å². The van der Waals surface area contributed by atoms with Gasteiger partial charge in [0.05, 0.1) is 4.20 Å². The zero-order chi connectivity index (χ0) is 5.15. The van der Waals surface area contributed by atoms with E-state index in [0.717, 1.165) is 0 Å². The molecule has 0 aromatic carbocycles. The van der Waals surface area contributed by atoms with Gasteiger partial charge >= 0.3 is 0 Å². The van der Waals surface area contributed by atoms with Crippen molar-refractivity contribution in [2.45, 2.75) is 6.92 Å². The monoisotopic (exact) mass is 124 g/mol. The van der Waals surface area contributed by atoms with Gasteiger partial charge in [-0.25, -0.2) is 0 Å². The summed E-state index contributed by atoms with van der Waals surface area (Å²) in [6.07, 6.45) is 0. The molecule has 0 spiro atoms. The fourth-order valence-electron chi connectivity index (χ4n) is 0. The highest BCUT2D eigenvalue weighted by Gasteiger charge is 1.73. The summed E-state index contributed by atoms with van der Waals surface area (Å²) in [6.45, 7) is 1.41. The third-order valence-electron chi connectivity index (χ3n) is 0.241. The van der Waals surface area contributed by atoms with Crippen molar-refractivity contribution in [1.82, 2.24) is 0 Å². The summed E-state index contributed by atoms with van der Waals surface area (Å²) in [7, 11) is -2.09. The predicted octanol–water partition coefficient (Wildman–Crippen LogP) is -0.0549. The Bertz CT molecular complexity index is 140. The van der Waals surface area contributed by atoms with Gasteiger partial charge in [-0.05, 0) is 6.92 Å². The first kappa shape index (κ1) is 6.04. The fraction of sp³-hybridized carbons (Fsp3) is 0.500. The Labute approximate surface area is 43.1 Å². The largest absolute Gasteiger partial charge is 0.223 e. The molecule has 0 atom stereocenters. The highest BCUT2D eigenvalue weighted by atomic mass is 32.2. The van der Waals surface area contributed by atoms with Crippen molar-refractivity contribution in [2.75, 3.05) is 0 Å². The summed E-state index contributed by atoms with van der Waals surface area (Å²) in [5.74, 6) is 0. The van der Waals surface area contributed by atoms with Crippen LogP contribution in [0.4, 0.5) is 0 Å². The molecule has 0 rings (SSSR count). The molecule has 6 heavy (non-hydrogen) atoms. The Kier molecular flexibility index (Phi) is 2.27. The third kappa shape index (κ3) is 2.29. The average Bonchev–Trinajstić information content (AvgIpc) is 1.36. The lowest BCUT2D eigenvalue weighted by Gasteiger charge is -1.62. The first-order valence-electron chi connectivity index (χ1n) is 1.26. The van der Waals surface area contributed by atoms with Crippen LogP contribution in [-0.4, -0.2) is 12.6 Å². The van der Waals surface area contributed by atoms with Crippen molar-refractivity contribution in [1.29, 1.82) is 0 Å². The van der Waals surface area contributed by atoms with Crippen LogP contribution in [0.5, 0.6) is 0 Å². The van der Waals surface area contributed by atoms with E-state index in [1.807, 2.05) is 0 Å². The Morgan fingerprint density at radius 2 is 1.83 bits per heavy atom. The van der Waals surface area contributed by atoms with E-state index in [4.69, 9.17) is 0 Å². The van der Waals surface area contributed by atoms with Crippen molar-refractivity contribution in [3.63, 3.8) is 0 Å². The lowest BCUT2D eigenvalue weighted by molar-refractivity contribution is 0.627. The summed E-state index contributed by atoms with van der Waals surface area (Å²) in [5.41, 5.74) is 0. The second-order valence-corrected chi connectivity index (χ2v) is 2.81. The third-order valence-corrected chi connectivity index (χ3v) is 1.17. The van der Waals surface area contributed by atoms with E-state index in [-0.39, 0.29) is 4.20 Å². The van der Waals surface area contributed by atoms with Gasteiger partial charge in [-0.2, -0.15) is 8.42 Å². The predicted molar refractivity (Wildman–Crippen MR) is 28.6 cm³/mol. The van der Waals surface area contributed by atoms with Gasteiger partial charge in [0.15, 0.2) is 0 Å². The Hall–Kier alpha value is 0.0400. The van der Waals surface area contributed by atoms with Crippen molar-refractivity contribution >= 4 is 27.1 Å². The Morgan fingerprint density at radius 3 is 1.83 bits per heavy atom. The molecule has 4 heteroatoms. The van der Waals surface area contributed by atoms with Gasteiger partial charge in [0, 0.05) is 0 Å². The molecular weight excluding hydrogens is 120 g/mol. The molecule has 0 aliphatic carbocycles. The van der Waals surface area contributed by atoms with Crippen LogP contribution < -0.4 is 0 Å². The Morgan fingerprint density at radius 1 is 1.67 bits per heavy atom. The molecule has 0 aliphatic rings. The quantitative estimate of drug-likeness (QED) is 0.363. The molecule has 0 saturated heterocycles. The number of hydrogen-bond acceptors (Lipinski definition) is 2. The molecule has 36 valence electrons. The van der Waals surface area contributed by atoms with Gasteiger partial charge in [-0.15, -0.1) is 12.6 Å². The molecule has 0 aliphatic heterocycles. The van der Waals surface area contributed by atoms with Gasteiger partial charge < -0.3 is 0 Å². The maximum absolute atomic E-state index is 9.59. The standard InChI is InChI=1S/C2H4O2S2/c1-2(5)6(3)4/h5H,1H3. The molecule has 0 bridgehead atoms. The SMILES string of the molecule is CC(S)=S(=O)=O. The van der Waals surface area contributed by atoms with Gasteiger partial charge in [0.1, 0.15) is 0 Å². The van der Waals surface area contributed by atoms with Crippen LogP contribution in [0.3, 0.4) is 0 Å². The molecule has 0 amide bonds. The van der Waals surface area contributed by atoms with E-state index in [9.17, 15) is 8.42 Å². The number of rotatable bonds is 0. The van der Waals surface area contributed by atoms with Crippen molar-refractivity contribution in [3.8, 4) is 0 Å². The smallest absolute Gasteiger partial charge is 0.184 e. The summed E-state index contributed by atoms with van der Waals surface area (Å²) >= 11 is 3.50. The minimum atomic E-state index is -2.09. The van der Waals surface area contributed by atoms with Crippen molar-refractivity contribution in [2.24, 2.45) is 0 Å². The minimum absolute atomic E-state index is 0.120. The second kappa shape index (κ2) is 2.25. The van der Waals surface area contributed by atoms with Crippen molar-refractivity contribution in [3.05, 3.63) is 0 Å². The van der Waals surface area contributed by atoms with Crippen LogP contribution in [0.15, 0.2) is 0 Å². The van der Waals surface area contributed by atoms with Crippen LogP contribution >= 0.6 is 12.6 Å². The van der Waals surface area contributed by atoms with E-state index >= 15 is 0 Å². The Balaban J connectivity index is 4.58. The van der Waals surface area contributed by atoms with E-state index in [1.165, 1.54) is 6.92 Å². The second-order valence-electron chi connectivity index (χ2n) is 0.754. The molecule has 0 heterocycles. The van der Waals surface area contributed by atoms with Crippen LogP contribution in [0, 0.1) is 0 Å². The molecular formula is C2H4O2S2. The summed E-state index contributed by atoms with van der Waals surface area (Å²) in [4.78, 5) is 0. The number of hydrogen-bond donors (Lipinski definition) is 1. The van der Waals surface area contributed by atoms with Gasteiger partial charge in [0.25, 0.3) is 0 Å². The van der Waals surface area contributed by atoms with Crippen molar-refractivity contribution < 1.29 is 8.42 Å². The van der Waals surface area contributed by atoms with E-state index in [1.54, 1.807) is 0 Å². The zero-order valence-corrected chi connectivity index (χ0v) is 4.88. The van der Waals surface area contributed by atoms with Gasteiger partial charge in [-0.1, -0.05) is 0 Å². The van der Waals surface area contributed by atoms with Crippen LogP contribution in [0.1, 0.15) is 6.92 Å². The van der Waals surface area contributed by atoms with E-state index in [2.05, 4.69) is 12.6 Å². The summed E-state index contributed by atoms with van der Waals surface area (Å²) in [5, 5.41) is 0. The highest BCUT2D eigenvalue weighted by molar-refractivity contribution is 8.08. The maximum Gasteiger partial charge on any atom is 0.223 e. The highest BCUT2D eigenvalue weighted by Crippen LogP contribution is 1.71. The van der Waals surface area contributed by atoms with Gasteiger partial charge in [-0.3, -0.25) is 0 Å².